The number of aliphatic hydroxyl groups is 1. The van der Waals surface area contributed by atoms with Gasteiger partial charge in [0.2, 0.25) is 10.8 Å². The Labute approximate surface area is 156 Å². The summed E-state index contributed by atoms with van der Waals surface area (Å²) in [6.45, 7) is 6.27. The molecule has 1 unspecified atom stereocenters. The topological polar surface area (TPSA) is 83.1 Å². The number of ether oxygens (including phenoxy) is 1. The molecule has 2 N–H and O–H groups in total. The molecule has 0 aliphatic heterocycles. The Morgan fingerprint density at radius 2 is 1.96 bits per heavy atom. The van der Waals surface area contributed by atoms with Gasteiger partial charge in [-0.1, -0.05) is 23.5 Å². The van der Waals surface area contributed by atoms with Crippen molar-refractivity contribution >= 4 is 16.3 Å². The number of nitrogens with zero attached hydrogens (tertiary/aromatic N) is 4. The van der Waals surface area contributed by atoms with Crippen molar-refractivity contribution in [2.45, 2.75) is 32.9 Å². The quantitative estimate of drug-likeness (QED) is 0.660. The second-order valence-electron chi connectivity index (χ2n) is 6.49. The van der Waals surface area contributed by atoms with Crippen LogP contribution < -0.4 is 4.74 Å². The van der Waals surface area contributed by atoms with Crippen molar-refractivity contribution in [3.05, 3.63) is 40.5 Å². The van der Waals surface area contributed by atoms with E-state index in [2.05, 4.69) is 10.1 Å². The Bertz CT molecular complexity index is 873. The first kappa shape index (κ1) is 18.6. The monoisotopic (exact) mass is 376 g/mol. The lowest BCUT2D eigenvalue weighted by molar-refractivity contribution is 0.196. The van der Waals surface area contributed by atoms with E-state index in [1.807, 2.05) is 50.1 Å². The molecule has 26 heavy (non-hydrogen) atoms. The van der Waals surface area contributed by atoms with Crippen molar-refractivity contribution in [2.75, 3.05) is 20.2 Å². The molecule has 0 bridgehead atoms. The van der Waals surface area contributed by atoms with E-state index in [9.17, 15) is 10.2 Å². The minimum atomic E-state index is -0.218. The van der Waals surface area contributed by atoms with Gasteiger partial charge in [0.15, 0.2) is 0 Å². The van der Waals surface area contributed by atoms with E-state index < -0.39 is 0 Å². The molecule has 0 aliphatic rings. The highest BCUT2D eigenvalue weighted by Gasteiger charge is 2.27. The van der Waals surface area contributed by atoms with Gasteiger partial charge >= 0.3 is 0 Å². The number of fused-ring (bicyclic) bond motifs is 1. The van der Waals surface area contributed by atoms with E-state index in [1.54, 1.807) is 6.92 Å². The van der Waals surface area contributed by atoms with Crippen LogP contribution in [-0.4, -0.2) is 56.0 Å². The number of hydrogen-bond acceptors (Lipinski definition) is 7. The predicted octanol–water partition coefficient (Wildman–Crippen LogP) is 2.61. The standard InChI is InChI=1S/C18H24N4O3S/c1-11(2)25-14-7-5-13(6-8-14)15(21(4)9-10-23)16-17(24)22-18(26-16)19-12(3)20-22/h5-8,11,15,23-24H,9-10H2,1-4H3. The number of likely N-dealkylation sites (N-methyl/N-ethyl adjacent to an activating group) is 1. The lowest BCUT2D eigenvalue weighted by atomic mass is 10.0. The van der Waals surface area contributed by atoms with Crippen LogP contribution in [0.4, 0.5) is 0 Å². The summed E-state index contributed by atoms with van der Waals surface area (Å²) in [5, 5.41) is 24.3. The van der Waals surface area contributed by atoms with Gasteiger partial charge in [0.1, 0.15) is 11.6 Å². The lowest BCUT2D eigenvalue weighted by Gasteiger charge is -2.27. The van der Waals surface area contributed by atoms with Crippen molar-refractivity contribution in [3.8, 4) is 11.6 Å². The van der Waals surface area contributed by atoms with Gasteiger partial charge in [-0.2, -0.15) is 4.52 Å². The molecular formula is C18H24N4O3S. The zero-order valence-corrected chi connectivity index (χ0v) is 16.2. The van der Waals surface area contributed by atoms with E-state index in [1.165, 1.54) is 15.9 Å². The van der Waals surface area contributed by atoms with Crippen LogP contribution in [0.2, 0.25) is 0 Å². The maximum absolute atomic E-state index is 10.7. The van der Waals surface area contributed by atoms with Crippen LogP contribution in [0.1, 0.15) is 36.2 Å². The second kappa shape index (κ2) is 7.61. The Morgan fingerprint density at radius 3 is 2.54 bits per heavy atom. The number of aromatic nitrogens is 3. The molecule has 1 atom stereocenters. The first-order valence-corrected chi connectivity index (χ1v) is 9.35. The number of rotatable bonds is 7. The average molecular weight is 376 g/mol. The Kier molecular flexibility index (Phi) is 5.45. The summed E-state index contributed by atoms with van der Waals surface area (Å²) in [6, 6.07) is 7.60. The summed E-state index contributed by atoms with van der Waals surface area (Å²) in [6.07, 6.45) is 0.108. The first-order valence-electron chi connectivity index (χ1n) is 8.53. The summed E-state index contributed by atoms with van der Waals surface area (Å²) < 4.78 is 7.17. The molecule has 2 aromatic heterocycles. The molecule has 2 heterocycles. The fourth-order valence-corrected chi connectivity index (χ4v) is 4.11. The molecule has 7 nitrogen and oxygen atoms in total. The number of thiazole rings is 1. The van der Waals surface area contributed by atoms with Gasteiger partial charge in [-0.3, -0.25) is 4.90 Å². The van der Waals surface area contributed by atoms with Crippen LogP contribution in [0.15, 0.2) is 24.3 Å². The largest absolute Gasteiger partial charge is 0.492 e. The Balaban J connectivity index is 2.01. The molecule has 0 spiro atoms. The van der Waals surface area contributed by atoms with Crippen molar-refractivity contribution < 1.29 is 14.9 Å². The number of benzene rings is 1. The number of hydrogen-bond donors (Lipinski definition) is 2. The van der Waals surface area contributed by atoms with Gasteiger partial charge in [0.05, 0.1) is 23.6 Å². The Hall–Kier alpha value is -2.16. The summed E-state index contributed by atoms with van der Waals surface area (Å²) in [7, 11) is 1.92. The molecular weight excluding hydrogens is 352 g/mol. The molecule has 0 aliphatic carbocycles. The van der Waals surface area contributed by atoms with Crippen molar-refractivity contribution in [2.24, 2.45) is 0 Å². The molecule has 1 aromatic carbocycles. The molecule has 0 amide bonds. The van der Waals surface area contributed by atoms with Crippen LogP contribution in [0.5, 0.6) is 11.6 Å². The normalized spacial score (nSPS) is 13.0. The number of aryl methyl sites for hydroxylation is 1. The first-order chi connectivity index (χ1) is 12.4. The summed E-state index contributed by atoms with van der Waals surface area (Å²) in [5.41, 5.74) is 0.994. The van der Waals surface area contributed by atoms with Gasteiger partial charge in [0, 0.05) is 6.54 Å². The van der Waals surface area contributed by atoms with E-state index in [0.29, 0.717) is 17.3 Å². The second-order valence-corrected chi connectivity index (χ2v) is 7.49. The zero-order valence-electron chi connectivity index (χ0n) is 15.4. The third-order valence-corrected chi connectivity index (χ3v) is 5.09. The summed E-state index contributed by atoms with van der Waals surface area (Å²) in [4.78, 5) is 7.74. The minimum Gasteiger partial charge on any atom is -0.492 e. The highest BCUT2D eigenvalue weighted by molar-refractivity contribution is 7.17. The predicted molar refractivity (Wildman–Crippen MR) is 101 cm³/mol. The number of aromatic hydroxyl groups is 1. The highest BCUT2D eigenvalue weighted by Crippen LogP contribution is 2.39. The highest BCUT2D eigenvalue weighted by atomic mass is 32.1. The molecule has 8 heteroatoms. The summed E-state index contributed by atoms with van der Waals surface area (Å²) >= 11 is 1.40. The van der Waals surface area contributed by atoms with Gasteiger partial charge in [-0.05, 0) is 45.5 Å². The molecule has 3 rings (SSSR count). The van der Waals surface area contributed by atoms with Crippen LogP contribution in [0.25, 0.3) is 4.96 Å². The summed E-state index contributed by atoms with van der Waals surface area (Å²) in [5.74, 6) is 1.51. The fourth-order valence-electron chi connectivity index (χ4n) is 2.92. The molecule has 0 fully saturated rings. The SMILES string of the molecule is Cc1nc2sc(C(c3ccc(OC(C)C)cc3)N(C)CCO)c(O)n2n1. The van der Waals surface area contributed by atoms with Gasteiger partial charge in [-0.25, -0.2) is 4.98 Å². The van der Waals surface area contributed by atoms with Crippen LogP contribution in [0, 0.1) is 6.92 Å². The van der Waals surface area contributed by atoms with Gasteiger partial charge < -0.3 is 14.9 Å². The molecule has 0 saturated heterocycles. The van der Waals surface area contributed by atoms with Crippen molar-refractivity contribution in [3.63, 3.8) is 0 Å². The minimum absolute atomic E-state index is 0.0299. The maximum Gasteiger partial charge on any atom is 0.230 e. The lowest BCUT2D eigenvalue weighted by Crippen LogP contribution is -2.28. The Morgan fingerprint density at radius 1 is 1.27 bits per heavy atom. The maximum atomic E-state index is 10.7. The van der Waals surface area contributed by atoms with Gasteiger partial charge in [-0.15, -0.1) is 5.10 Å². The van der Waals surface area contributed by atoms with Crippen molar-refractivity contribution in [1.82, 2.24) is 19.5 Å². The fraction of sp³-hybridized carbons (Fsp3) is 0.444. The van der Waals surface area contributed by atoms with Gasteiger partial charge in [0.25, 0.3) is 0 Å². The molecule has 0 radical (unpaired) electrons. The van der Waals surface area contributed by atoms with Crippen LogP contribution in [-0.2, 0) is 0 Å². The number of aliphatic hydroxyl groups excluding tert-OH is 1. The third kappa shape index (κ3) is 3.67. The zero-order chi connectivity index (χ0) is 18.8. The third-order valence-electron chi connectivity index (χ3n) is 4.02. The van der Waals surface area contributed by atoms with E-state index in [0.717, 1.165) is 16.2 Å². The van der Waals surface area contributed by atoms with Crippen LogP contribution >= 0.6 is 11.3 Å². The van der Waals surface area contributed by atoms with Crippen LogP contribution in [0.3, 0.4) is 0 Å². The van der Waals surface area contributed by atoms with E-state index in [4.69, 9.17) is 4.74 Å². The molecule has 3 aromatic rings. The van der Waals surface area contributed by atoms with E-state index >= 15 is 0 Å². The van der Waals surface area contributed by atoms with E-state index in [-0.39, 0.29) is 24.6 Å². The average Bonchev–Trinajstić information content (AvgIpc) is 3.07. The van der Waals surface area contributed by atoms with Crippen molar-refractivity contribution in [1.29, 1.82) is 0 Å². The smallest absolute Gasteiger partial charge is 0.230 e. The molecule has 0 saturated carbocycles. The molecule has 140 valence electrons.